The minimum Gasteiger partial charge on any atom is -0.212 e. The number of hydrogen-bond donors (Lipinski definition) is 0. The van der Waals surface area contributed by atoms with Gasteiger partial charge in [0.2, 0.25) is 10.0 Å². The molecule has 18 heavy (non-hydrogen) atoms. The molecule has 2 atom stereocenters. The van der Waals surface area contributed by atoms with E-state index in [-0.39, 0.29) is 6.04 Å². The van der Waals surface area contributed by atoms with Crippen LogP contribution in [0.4, 0.5) is 0 Å². The summed E-state index contributed by atoms with van der Waals surface area (Å²) >= 11 is 0. The van der Waals surface area contributed by atoms with Crippen molar-refractivity contribution in [2.24, 2.45) is 0 Å². The third kappa shape index (κ3) is 1.89. The lowest BCUT2D eigenvalue weighted by atomic mass is 9.79. The average molecular weight is 263 g/mol. The number of sulfonamides is 1. The fraction of sp³-hybridized carbons (Fsp3) is 0.429. The van der Waals surface area contributed by atoms with E-state index in [1.807, 2.05) is 18.2 Å². The molecule has 1 aliphatic carbocycles. The second-order valence-electron chi connectivity index (χ2n) is 5.12. The summed E-state index contributed by atoms with van der Waals surface area (Å²) in [5.41, 5.74) is 2.48. The van der Waals surface area contributed by atoms with Crippen LogP contribution in [0.2, 0.25) is 0 Å². The Morgan fingerprint density at radius 3 is 2.67 bits per heavy atom. The molecule has 0 saturated carbocycles. The van der Waals surface area contributed by atoms with Crippen molar-refractivity contribution in [2.75, 3.05) is 6.26 Å². The molecule has 3 rings (SSSR count). The van der Waals surface area contributed by atoms with Gasteiger partial charge in [-0.15, -0.1) is 0 Å². The van der Waals surface area contributed by atoms with Crippen LogP contribution in [-0.4, -0.2) is 25.0 Å². The Morgan fingerprint density at radius 1 is 1.17 bits per heavy atom. The quantitative estimate of drug-likeness (QED) is 0.729. The molecule has 1 aromatic rings. The van der Waals surface area contributed by atoms with Gasteiger partial charge < -0.3 is 0 Å². The number of allylic oxidation sites excluding steroid dienone is 1. The van der Waals surface area contributed by atoms with Crippen molar-refractivity contribution in [3.63, 3.8) is 0 Å². The van der Waals surface area contributed by atoms with Crippen LogP contribution < -0.4 is 0 Å². The first-order chi connectivity index (χ1) is 8.57. The van der Waals surface area contributed by atoms with Gasteiger partial charge in [-0.05, 0) is 24.0 Å². The molecule has 0 radical (unpaired) electrons. The Balaban J connectivity index is 2.11. The highest BCUT2D eigenvalue weighted by molar-refractivity contribution is 7.88. The predicted octanol–water partition coefficient (Wildman–Crippen LogP) is 2.26. The number of nitrogens with zero attached hydrogens (tertiary/aromatic N) is 1. The maximum Gasteiger partial charge on any atom is 0.211 e. The zero-order valence-electron chi connectivity index (χ0n) is 10.4. The van der Waals surface area contributed by atoms with E-state index in [4.69, 9.17) is 0 Å². The first-order valence-electron chi connectivity index (χ1n) is 6.27. The smallest absolute Gasteiger partial charge is 0.211 e. The maximum absolute atomic E-state index is 12.0. The molecular formula is C14H17NO2S. The maximum atomic E-state index is 12.0. The van der Waals surface area contributed by atoms with Crippen molar-refractivity contribution in [2.45, 2.75) is 31.3 Å². The average Bonchev–Trinajstić information content (AvgIpc) is 2.37. The van der Waals surface area contributed by atoms with Crippen LogP contribution in [0.5, 0.6) is 0 Å². The fourth-order valence-corrected chi connectivity index (χ4v) is 4.24. The van der Waals surface area contributed by atoms with E-state index < -0.39 is 10.0 Å². The van der Waals surface area contributed by atoms with E-state index in [2.05, 4.69) is 18.2 Å². The normalized spacial score (nSPS) is 27.6. The first kappa shape index (κ1) is 11.9. The van der Waals surface area contributed by atoms with Gasteiger partial charge in [0.05, 0.1) is 6.26 Å². The van der Waals surface area contributed by atoms with Gasteiger partial charge in [-0.1, -0.05) is 36.4 Å². The first-order valence-corrected chi connectivity index (χ1v) is 8.12. The summed E-state index contributed by atoms with van der Waals surface area (Å²) in [5.74, 6) is 0.315. The molecule has 1 heterocycles. The summed E-state index contributed by atoms with van der Waals surface area (Å²) in [6.45, 7) is 0.518. The van der Waals surface area contributed by atoms with Crippen molar-refractivity contribution >= 4 is 10.0 Å². The largest absolute Gasteiger partial charge is 0.212 e. The highest BCUT2D eigenvalue weighted by atomic mass is 32.2. The van der Waals surface area contributed by atoms with E-state index >= 15 is 0 Å². The van der Waals surface area contributed by atoms with Crippen molar-refractivity contribution in [1.82, 2.24) is 4.31 Å². The Labute approximate surface area is 108 Å². The van der Waals surface area contributed by atoms with Gasteiger partial charge in [0.1, 0.15) is 0 Å². The molecule has 4 heteroatoms. The van der Waals surface area contributed by atoms with Crippen molar-refractivity contribution in [3.8, 4) is 0 Å². The third-order valence-corrected chi connectivity index (χ3v) is 5.23. The van der Waals surface area contributed by atoms with Crippen LogP contribution in [0, 0.1) is 0 Å². The van der Waals surface area contributed by atoms with Crippen molar-refractivity contribution < 1.29 is 8.42 Å². The minimum absolute atomic E-state index is 0.0971. The van der Waals surface area contributed by atoms with Crippen LogP contribution >= 0.6 is 0 Å². The molecular weight excluding hydrogens is 246 g/mol. The highest BCUT2D eigenvalue weighted by Gasteiger charge is 2.38. The number of benzene rings is 1. The summed E-state index contributed by atoms with van der Waals surface area (Å²) < 4.78 is 25.6. The van der Waals surface area contributed by atoms with Gasteiger partial charge in [0, 0.05) is 18.5 Å². The Hall–Kier alpha value is -1.13. The molecule has 1 aromatic carbocycles. The zero-order valence-corrected chi connectivity index (χ0v) is 11.2. The number of fused-ring (bicyclic) bond motifs is 3. The van der Waals surface area contributed by atoms with E-state index in [0.29, 0.717) is 12.5 Å². The van der Waals surface area contributed by atoms with E-state index in [1.165, 1.54) is 11.8 Å². The topological polar surface area (TPSA) is 37.4 Å². The second kappa shape index (κ2) is 4.21. The molecule has 0 bridgehead atoms. The van der Waals surface area contributed by atoms with Gasteiger partial charge in [-0.3, -0.25) is 0 Å². The van der Waals surface area contributed by atoms with Crippen LogP contribution in [0.3, 0.4) is 0 Å². The Kier molecular flexibility index (Phi) is 2.79. The monoisotopic (exact) mass is 263 g/mol. The highest BCUT2D eigenvalue weighted by Crippen LogP contribution is 2.40. The molecule has 0 spiro atoms. The Morgan fingerprint density at radius 2 is 1.89 bits per heavy atom. The van der Waals surface area contributed by atoms with E-state index in [9.17, 15) is 8.42 Å². The Bertz CT molecular complexity index is 592. The van der Waals surface area contributed by atoms with Gasteiger partial charge in [0.25, 0.3) is 0 Å². The number of rotatable bonds is 1. The van der Waals surface area contributed by atoms with Crippen LogP contribution in [0.1, 0.15) is 29.9 Å². The van der Waals surface area contributed by atoms with Crippen LogP contribution in [0.15, 0.2) is 36.4 Å². The minimum atomic E-state index is -3.14. The van der Waals surface area contributed by atoms with Crippen LogP contribution in [0.25, 0.3) is 0 Å². The summed E-state index contributed by atoms with van der Waals surface area (Å²) in [4.78, 5) is 0. The van der Waals surface area contributed by atoms with Crippen molar-refractivity contribution in [3.05, 3.63) is 47.5 Å². The fourth-order valence-electron chi connectivity index (χ4n) is 3.14. The standard InChI is InChI=1S/C14H17NO2S/c1-18(16,17)15-10-11-6-2-3-7-12(11)13-8-4-5-9-14(13)15/h2-7,13-14H,8-10H2,1H3/t13-,14-/m0/s1. The molecule has 0 unspecified atom stereocenters. The summed E-state index contributed by atoms with van der Waals surface area (Å²) in [6.07, 6.45) is 7.35. The van der Waals surface area contributed by atoms with Gasteiger partial charge in [-0.2, -0.15) is 4.31 Å². The molecule has 3 nitrogen and oxygen atoms in total. The summed E-state index contributed by atoms with van der Waals surface area (Å²) in [7, 11) is -3.14. The lowest BCUT2D eigenvalue weighted by molar-refractivity contribution is 0.247. The predicted molar refractivity (Wildman–Crippen MR) is 71.7 cm³/mol. The lowest BCUT2D eigenvalue weighted by Gasteiger charge is -2.42. The lowest BCUT2D eigenvalue weighted by Crippen LogP contribution is -2.46. The van der Waals surface area contributed by atoms with Crippen molar-refractivity contribution in [1.29, 1.82) is 0 Å². The SMILES string of the molecule is CS(=O)(=O)N1Cc2ccccc2[C@@H]2CC=CC[C@@H]21. The third-order valence-electron chi connectivity index (χ3n) is 3.98. The summed E-state index contributed by atoms with van der Waals surface area (Å²) in [5, 5.41) is 0. The molecule has 0 saturated heterocycles. The zero-order chi connectivity index (χ0) is 12.8. The molecule has 0 aromatic heterocycles. The van der Waals surface area contributed by atoms with E-state index in [1.54, 1.807) is 4.31 Å². The molecule has 0 amide bonds. The second-order valence-corrected chi connectivity index (χ2v) is 7.06. The van der Waals surface area contributed by atoms with Gasteiger partial charge >= 0.3 is 0 Å². The molecule has 0 N–H and O–H groups in total. The molecule has 2 aliphatic rings. The number of hydrogen-bond acceptors (Lipinski definition) is 2. The molecule has 0 fully saturated rings. The van der Waals surface area contributed by atoms with Gasteiger partial charge in [0.15, 0.2) is 0 Å². The summed E-state index contributed by atoms with van der Waals surface area (Å²) in [6, 6.07) is 8.32. The van der Waals surface area contributed by atoms with Gasteiger partial charge in [-0.25, -0.2) is 8.42 Å². The molecule has 96 valence electrons. The van der Waals surface area contributed by atoms with E-state index in [0.717, 1.165) is 18.4 Å². The van der Waals surface area contributed by atoms with Crippen LogP contribution in [-0.2, 0) is 16.6 Å². The molecule has 1 aliphatic heterocycles.